The Morgan fingerprint density at radius 2 is 2.00 bits per heavy atom. The lowest BCUT2D eigenvalue weighted by Crippen LogP contribution is -2.02. The van der Waals surface area contributed by atoms with Gasteiger partial charge in [-0.2, -0.15) is 0 Å². The predicted molar refractivity (Wildman–Crippen MR) is 85.1 cm³/mol. The second-order valence-electron chi connectivity index (χ2n) is 5.05. The van der Waals surface area contributed by atoms with Crippen molar-refractivity contribution in [2.45, 2.75) is 19.1 Å². The Morgan fingerprint density at radius 3 is 2.68 bits per heavy atom. The third kappa shape index (κ3) is 3.28. The second kappa shape index (κ2) is 6.19. The van der Waals surface area contributed by atoms with E-state index in [1.807, 2.05) is 26.0 Å². The molecule has 3 rings (SSSR count). The number of hydrogen-bond acceptors (Lipinski definition) is 5. The van der Waals surface area contributed by atoms with Gasteiger partial charge in [-0.3, -0.25) is 4.79 Å². The van der Waals surface area contributed by atoms with Gasteiger partial charge in [0.25, 0.3) is 5.22 Å². The minimum atomic E-state index is 0.00106. The fourth-order valence-electron chi connectivity index (χ4n) is 2.19. The molecule has 0 saturated heterocycles. The molecule has 5 nitrogen and oxygen atoms in total. The van der Waals surface area contributed by atoms with Crippen molar-refractivity contribution in [3.8, 4) is 11.5 Å². The van der Waals surface area contributed by atoms with Crippen LogP contribution >= 0.6 is 11.8 Å². The van der Waals surface area contributed by atoms with Gasteiger partial charge in [-0.15, -0.1) is 10.2 Å². The number of carbonyl (C=O) groups excluding carboxylic acids is 1. The summed E-state index contributed by atoms with van der Waals surface area (Å²) in [6.45, 7) is 4.05. The van der Waals surface area contributed by atoms with Crippen LogP contribution in [-0.2, 0) is 0 Å². The lowest BCUT2D eigenvalue weighted by molar-refractivity contribution is 0.101. The number of aryl methyl sites for hydroxylation is 2. The van der Waals surface area contributed by atoms with Crippen molar-refractivity contribution in [2.24, 2.45) is 0 Å². The highest BCUT2D eigenvalue weighted by Crippen LogP contribution is 2.25. The maximum Gasteiger partial charge on any atom is 0.277 e. The molecule has 0 unspecified atom stereocenters. The van der Waals surface area contributed by atoms with Crippen LogP contribution in [0.5, 0.6) is 0 Å². The highest BCUT2D eigenvalue weighted by atomic mass is 32.2. The molecule has 0 bridgehead atoms. The quantitative estimate of drug-likeness (QED) is 0.575. The van der Waals surface area contributed by atoms with Crippen LogP contribution < -0.4 is 0 Å². The van der Waals surface area contributed by atoms with Gasteiger partial charge in [0, 0.05) is 11.8 Å². The molecule has 1 N–H and O–H groups in total. The Morgan fingerprint density at radius 1 is 1.23 bits per heavy atom. The van der Waals surface area contributed by atoms with Crippen LogP contribution in [0, 0.1) is 13.8 Å². The van der Waals surface area contributed by atoms with Crippen LogP contribution in [0.1, 0.15) is 21.6 Å². The zero-order valence-corrected chi connectivity index (χ0v) is 13.1. The first-order valence-electron chi connectivity index (χ1n) is 6.83. The van der Waals surface area contributed by atoms with E-state index in [0.717, 1.165) is 16.7 Å². The molecule has 6 heteroatoms. The van der Waals surface area contributed by atoms with Crippen molar-refractivity contribution < 1.29 is 9.21 Å². The van der Waals surface area contributed by atoms with Gasteiger partial charge < -0.3 is 9.40 Å². The van der Waals surface area contributed by atoms with E-state index in [1.165, 1.54) is 11.8 Å². The molecule has 0 atom stereocenters. The third-order valence-corrected chi connectivity index (χ3v) is 3.92. The number of rotatable bonds is 5. The summed E-state index contributed by atoms with van der Waals surface area (Å²) in [7, 11) is 0. The molecule has 0 fully saturated rings. The van der Waals surface area contributed by atoms with Crippen LogP contribution in [0.15, 0.2) is 46.2 Å². The van der Waals surface area contributed by atoms with E-state index >= 15 is 0 Å². The van der Waals surface area contributed by atoms with E-state index in [-0.39, 0.29) is 11.5 Å². The minimum Gasteiger partial charge on any atom is -0.411 e. The summed E-state index contributed by atoms with van der Waals surface area (Å²) in [6, 6.07) is 9.63. The molecule has 0 spiro atoms. The zero-order chi connectivity index (χ0) is 15.5. The van der Waals surface area contributed by atoms with E-state index in [9.17, 15) is 4.79 Å². The first-order valence-corrected chi connectivity index (χ1v) is 7.82. The van der Waals surface area contributed by atoms with Crippen LogP contribution in [0.3, 0.4) is 0 Å². The number of H-pyrrole nitrogens is 1. The van der Waals surface area contributed by atoms with Gasteiger partial charge in [0.15, 0.2) is 5.78 Å². The van der Waals surface area contributed by atoms with Crippen LogP contribution in [0.25, 0.3) is 11.5 Å². The number of aromatic nitrogens is 3. The fraction of sp³-hybridized carbons (Fsp3) is 0.188. The summed E-state index contributed by atoms with van der Waals surface area (Å²) in [4.78, 5) is 14.8. The van der Waals surface area contributed by atoms with Gasteiger partial charge in [0.2, 0.25) is 5.89 Å². The summed E-state index contributed by atoms with van der Waals surface area (Å²) in [5, 5.41) is 8.44. The number of benzene rings is 1. The number of Topliss-reactive ketones (excluding diaryl/α,β-unsaturated/α-hetero) is 1. The maximum atomic E-state index is 11.9. The monoisotopic (exact) mass is 313 g/mol. The third-order valence-electron chi connectivity index (χ3n) is 3.10. The maximum absolute atomic E-state index is 11.9. The van der Waals surface area contributed by atoms with Crippen molar-refractivity contribution >= 4 is 17.5 Å². The summed E-state index contributed by atoms with van der Waals surface area (Å²) in [6.07, 6.45) is 1.72. The predicted octanol–water partition coefficient (Wildman–Crippen LogP) is 3.66. The molecule has 2 aromatic heterocycles. The highest BCUT2D eigenvalue weighted by molar-refractivity contribution is 7.99. The van der Waals surface area contributed by atoms with E-state index in [1.54, 1.807) is 18.3 Å². The van der Waals surface area contributed by atoms with Crippen LogP contribution in [0.2, 0.25) is 0 Å². The number of thioether (sulfide) groups is 1. The molecule has 3 aromatic rings. The molecule has 0 radical (unpaired) electrons. The summed E-state index contributed by atoms with van der Waals surface area (Å²) >= 11 is 1.24. The molecule has 0 amide bonds. The topological polar surface area (TPSA) is 71.8 Å². The molecule has 0 aliphatic heterocycles. The van der Waals surface area contributed by atoms with E-state index < -0.39 is 0 Å². The standard InChI is InChI=1S/C16H15N3O2S/c1-10-6-11(2)8-12(7-10)15-18-19-16(21-15)22-9-14(20)13-4-3-5-17-13/h3-8,17H,9H2,1-2H3. The minimum absolute atomic E-state index is 0.00106. The van der Waals surface area contributed by atoms with Gasteiger partial charge in [-0.05, 0) is 38.1 Å². The SMILES string of the molecule is Cc1cc(C)cc(-c2nnc(SCC(=O)c3ccc[nH]3)o2)c1. The number of carbonyl (C=O) groups is 1. The van der Waals surface area contributed by atoms with Crippen molar-refractivity contribution in [3.05, 3.63) is 53.3 Å². The average Bonchev–Trinajstić information content (AvgIpc) is 3.15. The molecule has 112 valence electrons. The lowest BCUT2D eigenvalue weighted by Gasteiger charge is -2.00. The molecule has 0 aliphatic carbocycles. The molecule has 1 aromatic carbocycles. The van der Waals surface area contributed by atoms with Crippen molar-refractivity contribution in [2.75, 3.05) is 5.75 Å². The number of nitrogens with one attached hydrogen (secondary N) is 1. The number of hydrogen-bond donors (Lipinski definition) is 1. The molecular formula is C16H15N3O2S. The van der Waals surface area contributed by atoms with E-state index in [2.05, 4.69) is 21.2 Å². The van der Waals surface area contributed by atoms with Gasteiger partial charge in [-0.25, -0.2) is 0 Å². The van der Waals surface area contributed by atoms with Gasteiger partial charge in [0.05, 0.1) is 11.4 Å². The Kier molecular flexibility index (Phi) is 4.11. The zero-order valence-electron chi connectivity index (χ0n) is 12.3. The smallest absolute Gasteiger partial charge is 0.277 e. The molecule has 2 heterocycles. The molecular weight excluding hydrogens is 298 g/mol. The Labute approximate surface area is 132 Å². The van der Waals surface area contributed by atoms with Crippen LogP contribution in [-0.4, -0.2) is 26.7 Å². The van der Waals surface area contributed by atoms with E-state index in [0.29, 0.717) is 16.8 Å². The Balaban J connectivity index is 1.70. The fourth-order valence-corrected chi connectivity index (χ4v) is 2.84. The molecule has 22 heavy (non-hydrogen) atoms. The highest BCUT2D eigenvalue weighted by Gasteiger charge is 2.13. The van der Waals surface area contributed by atoms with E-state index in [4.69, 9.17) is 4.42 Å². The van der Waals surface area contributed by atoms with Crippen molar-refractivity contribution in [1.29, 1.82) is 0 Å². The van der Waals surface area contributed by atoms with Crippen LogP contribution in [0.4, 0.5) is 0 Å². The number of ketones is 1. The van der Waals surface area contributed by atoms with Gasteiger partial charge in [-0.1, -0.05) is 29.0 Å². The van der Waals surface area contributed by atoms with Gasteiger partial charge in [0.1, 0.15) is 0 Å². The summed E-state index contributed by atoms with van der Waals surface area (Å²) in [5.74, 6) is 0.734. The average molecular weight is 313 g/mol. The normalized spacial score (nSPS) is 10.8. The number of aromatic amines is 1. The van der Waals surface area contributed by atoms with Crippen molar-refractivity contribution in [1.82, 2.24) is 15.2 Å². The first-order chi connectivity index (χ1) is 10.6. The van der Waals surface area contributed by atoms with Crippen molar-refractivity contribution in [3.63, 3.8) is 0 Å². The Bertz CT molecular complexity index is 773. The Hall–Kier alpha value is -2.34. The summed E-state index contributed by atoms with van der Waals surface area (Å²) in [5.41, 5.74) is 3.77. The molecule has 0 aliphatic rings. The second-order valence-corrected chi connectivity index (χ2v) is 5.97. The summed E-state index contributed by atoms with van der Waals surface area (Å²) < 4.78 is 5.63. The molecule has 0 saturated carbocycles. The lowest BCUT2D eigenvalue weighted by atomic mass is 10.1. The first kappa shape index (κ1) is 14.6. The van der Waals surface area contributed by atoms with Gasteiger partial charge >= 0.3 is 0 Å². The number of nitrogens with zero attached hydrogens (tertiary/aromatic N) is 2. The largest absolute Gasteiger partial charge is 0.411 e.